The molecule has 1 aromatic rings. The van der Waals surface area contributed by atoms with Crippen LogP contribution in [-0.2, 0) is 9.53 Å². The molecule has 24 heavy (non-hydrogen) atoms. The van der Waals surface area contributed by atoms with E-state index < -0.39 is 0 Å². The highest BCUT2D eigenvalue weighted by Gasteiger charge is 2.49. The fourth-order valence-corrected chi connectivity index (χ4v) is 3.84. The molecule has 5 atom stereocenters. The molecule has 0 unspecified atom stereocenters. The quantitative estimate of drug-likeness (QED) is 0.860. The number of amides is 2. The van der Waals surface area contributed by atoms with E-state index in [1.165, 1.54) is 12.4 Å². The summed E-state index contributed by atoms with van der Waals surface area (Å²) in [5.41, 5.74) is 0.506. The van der Waals surface area contributed by atoms with E-state index in [-0.39, 0.29) is 29.8 Å². The summed E-state index contributed by atoms with van der Waals surface area (Å²) in [4.78, 5) is 26.5. The van der Waals surface area contributed by atoms with Crippen LogP contribution < -0.4 is 5.32 Å². The van der Waals surface area contributed by atoms with E-state index >= 15 is 0 Å². The Bertz CT molecular complexity index is 638. The normalized spacial score (nSPS) is 34.0. The summed E-state index contributed by atoms with van der Waals surface area (Å²) < 4.78 is 5.87. The van der Waals surface area contributed by atoms with Crippen LogP contribution in [-0.4, -0.2) is 59.3 Å². The topological polar surface area (TPSA) is 84.4 Å². The lowest BCUT2D eigenvalue weighted by atomic mass is 9.93. The van der Waals surface area contributed by atoms with Crippen LogP contribution in [0.15, 0.2) is 18.5 Å². The van der Waals surface area contributed by atoms with E-state index in [1.54, 1.807) is 6.07 Å². The first-order chi connectivity index (χ1) is 11.6. The van der Waals surface area contributed by atoms with Crippen molar-refractivity contribution >= 4 is 11.8 Å². The Kier molecular flexibility index (Phi) is 3.96. The van der Waals surface area contributed by atoms with Crippen molar-refractivity contribution in [3.63, 3.8) is 0 Å². The summed E-state index contributed by atoms with van der Waals surface area (Å²) >= 11 is 0. The molecule has 3 aliphatic rings. The Hall–Kier alpha value is -2.02. The highest BCUT2D eigenvalue weighted by atomic mass is 16.5. The lowest BCUT2D eigenvalue weighted by Crippen LogP contribution is -2.36. The molecule has 4 rings (SSSR count). The van der Waals surface area contributed by atoms with Gasteiger partial charge in [0.05, 0.1) is 30.7 Å². The summed E-state index contributed by atoms with van der Waals surface area (Å²) in [6.45, 7) is 4.79. The van der Waals surface area contributed by atoms with Gasteiger partial charge in [0, 0.05) is 37.4 Å². The van der Waals surface area contributed by atoms with E-state index in [4.69, 9.17) is 4.74 Å². The van der Waals surface area contributed by atoms with E-state index in [2.05, 4.69) is 22.4 Å². The zero-order valence-corrected chi connectivity index (χ0v) is 13.7. The van der Waals surface area contributed by atoms with E-state index in [0.717, 1.165) is 13.0 Å². The number of nitrogens with one attached hydrogen (secondary N) is 1. The second kappa shape index (κ2) is 6.12. The van der Waals surface area contributed by atoms with Gasteiger partial charge in [-0.1, -0.05) is 6.92 Å². The number of ether oxygens (including phenoxy) is 1. The molecule has 3 heterocycles. The molecule has 0 radical (unpaired) electrons. The van der Waals surface area contributed by atoms with Crippen molar-refractivity contribution in [1.29, 1.82) is 0 Å². The van der Waals surface area contributed by atoms with Crippen LogP contribution in [0.1, 0.15) is 23.7 Å². The maximum Gasteiger partial charge on any atom is 0.252 e. The number of hydrogen-bond donors (Lipinski definition) is 1. The van der Waals surface area contributed by atoms with Gasteiger partial charge in [-0.3, -0.25) is 9.59 Å². The van der Waals surface area contributed by atoms with Gasteiger partial charge in [-0.2, -0.15) is 10.2 Å². The van der Waals surface area contributed by atoms with Gasteiger partial charge in [-0.25, -0.2) is 0 Å². The monoisotopic (exact) mass is 330 g/mol. The van der Waals surface area contributed by atoms with E-state index in [1.807, 2.05) is 4.90 Å². The molecule has 2 aliphatic heterocycles. The number of carbonyl (C=O) groups excluding carboxylic acids is 2. The molecule has 2 amide bonds. The van der Waals surface area contributed by atoms with Crippen molar-refractivity contribution in [3.8, 4) is 0 Å². The zero-order chi connectivity index (χ0) is 16.7. The van der Waals surface area contributed by atoms with Gasteiger partial charge < -0.3 is 15.0 Å². The van der Waals surface area contributed by atoms with Gasteiger partial charge in [-0.05, 0) is 18.4 Å². The molecule has 7 nitrogen and oxygen atoms in total. The predicted molar refractivity (Wildman–Crippen MR) is 84.9 cm³/mol. The third kappa shape index (κ3) is 2.88. The summed E-state index contributed by atoms with van der Waals surface area (Å²) in [6.07, 6.45) is 4.09. The molecule has 0 bridgehead atoms. The fourth-order valence-electron chi connectivity index (χ4n) is 3.84. The summed E-state index contributed by atoms with van der Waals surface area (Å²) in [5.74, 6) is 1.46. The molecule has 1 N–H and O–H groups in total. The third-order valence-electron chi connectivity index (χ3n) is 5.55. The first-order valence-electron chi connectivity index (χ1n) is 8.58. The Labute approximate surface area is 140 Å². The minimum atomic E-state index is -0.147. The number of hydrogen-bond acceptors (Lipinski definition) is 5. The standard InChI is InChI=1S/C17H22N4O3/c1-10-4-13(10)17(23)21-7-14-12(9-24-15(14)8-21)5-18-16(22)11-2-3-19-20-6-11/h2-3,6,10,12-15H,4-5,7-9H2,1H3,(H,18,22)/t10-,12-,13-,14-,15-/m1/s1. The summed E-state index contributed by atoms with van der Waals surface area (Å²) in [5, 5.41) is 10.3. The van der Waals surface area contributed by atoms with Crippen LogP contribution in [0.5, 0.6) is 0 Å². The molecule has 7 heteroatoms. The fraction of sp³-hybridized carbons (Fsp3) is 0.647. The average Bonchev–Trinajstić information content (AvgIpc) is 3.02. The molecular formula is C17H22N4O3. The number of fused-ring (bicyclic) bond motifs is 1. The minimum Gasteiger partial charge on any atom is -0.376 e. The van der Waals surface area contributed by atoms with Crippen molar-refractivity contribution < 1.29 is 14.3 Å². The maximum atomic E-state index is 12.4. The summed E-state index contributed by atoms with van der Waals surface area (Å²) in [6, 6.07) is 1.64. The van der Waals surface area contributed by atoms with E-state index in [0.29, 0.717) is 37.1 Å². The number of carbonyl (C=O) groups is 2. The van der Waals surface area contributed by atoms with Crippen molar-refractivity contribution in [2.45, 2.75) is 19.4 Å². The highest BCUT2D eigenvalue weighted by Crippen LogP contribution is 2.41. The van der Waals surface area contributed by atoms with Crippen molar-refractivity contribution in [2.24, 2.45) is 23.7 Å². The Morgan fingerprint density at radius 1 is 1.38 bits per heavy atom. The van der Waals surface area contributed by atoms with Crippen LogP contribution in [0.3, 0.4) is 0 Å². The molecule has 0 aromatic carbocycles. The first kappa shape index (κ1) is 15.5. The minimum absolute atomic E-state index is 0.118. The van der Waals surface area contributed by atoms with E-state index in [9.17, 15) is 9.59 Å². The number of nitrogens with zero attached hydrogens (tertiary/aromatic N) is 3. The Balaban J connectivity index is 1.31. The SMILES string of the molecule is C[C@@H]1C[C@H]1C(=O)N1C[C@@H]2[C@H](CNC(=O)c3ccnnc3)CO[C@@H]2C1. The molecule has 1 aliphatic carbocycles. The molecule has 1 saturated carbocycles. The van der Waals surface area contributed by atoms with Crippen molar-refractivity contribution in [2.75, 3.05) is 26.2 Å². The predicted octanol–water partition coefficient (Wildman–Crippen LogP) is 0.336. The lowest BCUT2D eigenvalue weighted by molar-refractivity contribution is -0.132. The zero-order valence-electron chi connectivity index (χ0n) is 13.7. The molecule has 0 spiro atoms. The molecule has 128 valence electrons. The van der Waals surface area contributed by atoms with Crippen LogP contribution in [0.2, 0.25) is 0 Å². The number of likely N-dealkylation sites (tertiary alicyclic amines) is 1. The van der Waals surface area contributed by atoms with Gasteiger partial charge in [0.2, 0.25) is 5.91 Å². The van der Waals surface area contributed by atoms with Gasteiger partial charge in [-0.15, -0.1) is 0 Å². The third-order valence-corrected chi connectivity index (χ3v) is 5.55. The lowest BCUT2D eigenvalue weighted by Gasteiger charge is -2.20. The van der Waals surface area contributed by atoms with Crippen LogP contribution >= 0.6 is 0 Å². The van der Waals surface area contributed by atoms with Crippen LogP contribution in [0, 0.1) is 23.7 Å². The number of aromatic nitrogens is 2. The van der Waals surface area contributed by atoms with Crippen molar-refractivity contribution in [1.82, 2.24) is 20.4 Å². The largest absolute Gasteiger partial charge is 0.376 e. The summed E-state index contributed by atoms with van der Waals surface area (Å²) in [7, 11) is 0. The maximum absolute atomic E-state index is 12.4. The Morgan fingerprint density at radius 2 is 2.21 bits per heavy atom. The van der Waals surface area contributed by atoms with Gasteiger partial charge in [0.15, 0.2) is 0 Å². The molecule has 3 fully saturated rings. The van der Waals surface area contributed by atoms with Gasteiger partial charge in [0.1, 0.15) is 0 Å². The second-order valence-electron chi connectivity index (χ2n) is 7.20. The molecule has 2 saturated heterocycles. The average molecular weight is 330 g/mol. The molecular weight excluding hydrogens is 308 g/mol. The number of rotatable bonds is 4. The van der Waals surface area contributed by atoms with Crippen LogP contribution in [0.25, 0.3) is 0 Å². The smallest absolute Gasteiger partial charge is 0.252 e. The Morgan fingerprint density at radius 3 is 2.92 bits per heavy atom. The van der Waals surface area contributed by atoms with Crippen LogP contribution in [0.4, 0.5) is 0 Å². The highest BCUT2D eigenvalue weighted by molar-refractivity contribution is 5.93. The first-order valence-corrected chi connectivity index (χ1v) is 8.58. The molecule has 1 aromatic heterocycles. The van der Waals surface area contributed by atoms with Crippen molar-refractivity contribution in [3.05, 3.63) is 24.0 Å². The van der Waals surface area contributed by atoms with Gasteiger partial charge in [0.25, 0.3) is 5.91 Å². The van der Waals surface area contributed by atoms with Gasteiger partial charge >= 0.3 is 0 Å². The second-order valence-corrected chi connectivity index (χ2v) is 7.20.